The second-order valence-electron chi connectivity index (χ2n) is 8.65. The average Bonchev–Trinajstić information content (AvgIpc) is 3.07. The predicted octanol–water partition coefficient (Wildman–Crippen LogP) is 3.41. The highest BCUT2D eigenvalue weighted by molar-refractivity contribution is 6.38. The Labute approximate surface area is 206 Å². The molecule has 0 aliphatic carbocycles. The molecule has 2 aliphatic rings. The number of benzene rings is 2. The van der Waals surface area contributed by atoms with E-state index in [0.29, 0.717) is 6.07 Å². The monoisotopic (exact) mass is 507 g/mol. The number of carbonyl (C=O) groups excluding carboxylic acids is 1. The number of methoxy groups -OCH3 is 1. The second-order valence-corrected chi connectivity index (χ2v) is 8.65. The van der Waals surface area contributed by atoms with Crippen molar-refractivity contribution in [3.63, 3.8) is 0 Å². The van der Waals surface area contributed by atoms with Gasteiger partial charge in [-0.1, -0.05) is 0 Å². The third-order valence-electron chi connectivity index (χ3n) is 6.14. The first-order chi connectivity index (χ1) is 16.7. The molecule has 2 unspecified atom stereocenters. The van der Waals surface area contributed by atoms with Crippen molar-refractivity contribution >= 4 is 21.6 Å². The Morgan fingerprint density at radius 1 is 1.14 bits per heavy atom. The van der Waals surface area contributed by atoms with Gasteiger partial charge in [-0.05, 0) is 42.8 Å². The first kappa shape index (κ1) is 26.3. The third kappa shape index (κ3) is 5.04. The van der Waals surface area contributed by atoms with Gasteiger partial charge in [-0.25, -0.2) is 8.78 Å². The minimum Gasteiger partial charge on any atom is -0.493 e. The van der Waals surface area contributed by atoms with Gasteiger partial charge in [0.25, 0.3) is 5.91 Å². The number of alkyl halides is 3. The molecule has 0 spiro atoms. The van der Waals surface area contributed by atoms with Gasteiger partial charge in [0.05, 0.1) is 19.2 Å². The maximum absolute atomic E-state index is 14.0. The number of piperidine rings is 1. The Hall–Kier alpha value is -2.79. The Morgan fingerprint density at radius 3 is 2.42 bits per heavy atom. The summed E-state index contributed by atoms with van der Waals surface area (Å²) < 4.78 is 87.9. The molecule has 0 aromatic heterocycles. The van der Waals surface area contributed by atoms with Gasteiger partial charge in [-0.2, -0.15) is 13.2 Å². The molecular formula is C23H20B2F5NO5. The smallest absolute Gasteiger partial charge is 0.425 e. The highest BCUT2D eigenvalue weighted by atomic mass is 19.4. The summed E-state index contributed by atoms with van der Waals surface area (Å²) in [7, 11) is 12.9. The fourth-order valence-electron chi connectivity index (χ4n) is 4.39. The van der Waals surface area contributed by atoms with Crippen LogP contribution in [0.25, 0.3) is 0 Å². The average molecular weight is 507 g/mol. The summed E-state index contributed by atoms with van der Waals surface area (Å²) in [4.78, 5) is 14.6. The van der Waals surface area contributed by atoms with Gasteiger partial charge in [0.2, 0.25) is 0 Å². The minimum atomic E-state index is -4.59. The van der Waals surface area contributed by atoms with Gasteiger partial charge in [0.1, 0.15) is 39.0 Å². The molecule has 3 atom stereocenters. The topological polar surface area (TPSA) is 57.2 Å². The van der Waals surface area contributed by atoms with Gasteiger partial charge in [-0.15, -0.1) is 0 Å². The molecule has 0 bridgehead atoms. The molecule has 188 valence electrons. The van der Waals surface area contributed by atoms with E-state index < -0.39 is 47.1 Å². The van der Waals surface area contributed by atoms with E-state index in [1.807, 2.05) is 0 Å². The van der Waals surface area contributed by atoms with Crippen molar-refractivity contribution in [3.8, 4) is 11.5 Å². The molecule has 2 fully saturated rings. The van der Waals surface area contributed by atoms with Crippen LogP contribution in [0.5, 0.6) is 11.5 Å². The summed E-state index contributed by atoms with van der Waals surface area (Å²) in [6, 6.07) is 6.64. The van der Waals surface area contributed by atoms with Crippen LogP contribution in [-0.2, 0) is 15.1 Å². The number of likely N-dealkylation sites (tertiary alicyclic amines) is 1. The summed E-state index contributed by atoms with van der Waals surface area (Å²) in [6.45, 7) is 0.818. The molecule has 2 saturated heterocycles. The van der Waals surface area contributed by atoms with Crippen molar-refractivity contribution in [3.05, 3.63) is 59.2 Å². The van der Waals surface area contributed by atoms with Crippen LogP contribution >= 0.6 is 0 Å². The first-order valence-corrected chi connectivity index (χ1v) is 10.9. The van der Waals surface area contributed by atoms with Gasteiger partial charge < -0.3 is 23.8 Å². The lowest BCUT2D eigenvalue weighted by Crippen LogP contribution is -2.53. The lowest BCUT2D eigenvalue weighted by Gasteiger charge is -2.42. The van der Waals surface area contributed by atoms with Gasteiger partial charge in [-0.3, -0.25) is 4.79 Å². The van der Waals surface area contributed by atoms with E-state index in [1.165, 1.54) is 30.2 Å². The maximum atomic E-state index is 14.0. The van der Waals surface area contributed by atoms with E-state index in [0.717, 1.165) is 19.1 Å². The van der Waals surface area contributed by atoms with Crippen LogP contribution in [0.2, 0.25) is 0 Å². The van der Waals surface area contributed by atoms with E-state index in [1.54, 1.807) is 0 Å². The Kier molecular flexibility index (Phi) is 6.76. The Balaban J connectivity index is 1.57. The van der Waals surface area contributed by atoms with Crippen LogP contribution < -0.4 is 9.47 Å². The number of amides is 1. The summed E-state index contributed by atoms with van der Waals surface area (Å²) >= 11 is 0. The zero-order valence-electron chi connectivity index (χ0n) is 19.3. The molecule has 36 heavy (non-hydrogen) atoms. The number of halogens is 5. The third-order valence-corrected chi connectivity index (χ3v) is 6.14. The Morgan fingerprint density at radius 2 is 1.81 bits per heavy atom. The van der Waals surface area contributed by atoms with Crippen molar-refractivity contribution in [2.24, 2.45) is 0 Å². The molecule has 0 N–H and O–H groups in total. The Bertz CT molecular complexity index is 1140. The van der Waals surface area contributed by atoms with Crippen LogP contribution in [0.1, 0.15) is 29.3 Å². The van der Waals surface area contributed by atoms with Crippen LogP contribution in [0, 0.1) is 11.6 Å². The fraction of sp³-hybridized carbons (Fsp3) is 0.435. The quantitative estimate of drug-likeness (QED) is 0.459. The molecular weight excluding hydrogens is 487 g/mol. The van der Waals surface area contributed by atoms with Crippen molar-refractivity contribution in [2.45, 2.75) is 42.9 Å². The number of nitrogens with zero attached hydrogens (tertiary/aromatic N) is 1. The predicted molar refractivity (Wildman–Crippen MR) is 118 cm³/mol. The highest BCUT2D eigenvalue weighted by Gasteiger charge is 2.56. The van der Waals surface area contributed by atoms with Crippen LogP contribution in [-0.4, -0.2) is 70.7 Å². The zero-order chi connectivity index (χ0) is 26.5. The second kappa shape index (κ2) is 9.26. The highest BCUT2D eigenvalue weighted by Crippen LogP contribution is 2.47. The number of carbonyl (C=O) groups is 1. The number of ether oxygens (including phenoxy) is 4. The van der Waals surface area contributed by atoms with E-state index in [-0.39, 0.29) is 42.1 Å². The number of hydrogen-bond donors (Lipinski definition) is 0. The van der Waals surface area contributed by atoms with E-state index >= 15 is 0 Å². The first-order valence-electron chi connectivity index (χ1n) is 10.9. The molecule has 2 aromatic carbocycles. The molecule has 4 rings (SSSR count). The number of fused-ring (bicyclic) bond motifs is 1. The van der Waals surface area contributed by atoms with Crippen molar-refractivity contribution in [1.29, 1.82) is 0 Å². The SMILES string of the molecule is [B]C1([B])OC2CN(C(=O)c3ccc(OC(C)C(F)(F)F)c(OC)c3)CC[C@]2(c2cc(F)cc(F)c2)O1. The molecule has 2 aliphatic heterocycles. The van der Waals surface area contributed by atoms with Gasteiger partial charge in [0, 0.05) is 24.6 Å². The summed E-state index contributed by atoms with van der Waals surface area (Å²) in [5, 5.41) is 0. The minimum absolute atomic E-state index is 0.0455. The summed E-state index contributed by atoms with van der Waals surface area (Å²) in [5.41, 5.74) is -3.25. The van der Waals surface area contributed by atoms with Crippen molar-refractivity contribution < 1.29 is 45.7 Å². The van der Waals surface area contributed by atoms with Crippen LogP contribution in [0.15, 0.2) is 36.4 Å². The lowest BCUT2D eigenvalue weighted by atomic mass is 9.76. The summed E-state index contributed by atoms with van der Waals surface area (Å²) in [6.07, 6.45) is -7.61. The van der Waals surface area contributed by atoms with Crippen molar-refractivity contribution in [2.75, 3.05) is 20.2 Å². The zero-order valence-corrected chi connectivity index (χ0v) is 19.3. The molecule has 13 heteroatoms. The van der Waals surface area contributed by atoms with E-state index in [9.17, 15) is 26.7 Å². The maximum Gasteiger partial charge on any atom is 0.425 e. The van der Waals surface area contributed by atoms with Gasteiger partial charge in [0.15, 0.2) is 17.6 Å². The number of rotatable bonds is 5. The van der Waals surface area contributed by atoms with Crippen molar-refractivity contribution in [1.82, 2.24) is 4.90 Å². The van der Waals surface area contributed by atoms with Crippen LogP contribution in [0.4, 0.5) is 22.0 Å². The van der Waals surface area contributed by atoms with E-state index in [2.05, 4.69) is 0 Å². The number of hydrogen-bond acceptors (Lipinski definition) is 5. The largest absolute Gasteiger partial charge is 0.493 e. The van der Waals surface area contributed by atoms with Gasteiger partial charge >= 0.3 is 6.18 Å². The molecule has 4 radical (unpaired) electrons. The molecule has 2 heterocycles. The standard InChI is InChI=1S/C23H20B2F5NO5/c1-12(22(28,29)30)34-17-4-3-13(7-18(17)33-2)20(32)31-6-5-21(14-8-15(26)10-16(27)9-14)19(11-31)35-23(24,25)36-21/h3-4,7-10,12,19H,5-6,11H2,1-2H3/t12?,19?,21-/m1/s1. The molecule has 2 aromatic rings. The van der Waals surface area contributed by atoms with Crippen LogP contribution in [0.3, 0.4) is 0 Å². The molecule has 0 saturated carbocycles. The molecule has 1 amide bonds. The normalized spacial score (nSPS) is 24.2. The lowest BCUT2D eigenvalue weighted by molar-refractivity contribution is -0.189. The summed E-state index contributed by atoms with van der Waals surface area (Å²) in [5.74, 6) is -2.42. The fourth-order valence-corrected chi connectivity index (χ4v) is 4.39. The van der Waals surface area contributed by atoms with E-state index in [4.69, 9.17) is 34.6 Å². The molecule has 6 nitrogen and oxygen atoms in total.